The second-order valence-corrected chi connectivity index (χ2v) is 9.14. The molecule has 8 nitrogen and oxygen atoms in total. The second kappa shape index (κ2) is 10.1. The summed E-state index contributed by atoms with van der Waals surface area (Å²) in [4.78, 5) is 30.7. The molecule has 0 aliphatic carbocycles. The monoisotopic (exact) mass is 442 g/mol. The lowest BCUT2D eigenvalue weighted by Crippen LogP contribution is -2.43. The first-order valence-corrected chi connectivity index (χ1v) is 11.9. The van der Waals surface area contributed by atoms with Gasteiger partial charge in [-0.2, -0.15) is 0 Å². The summed E-state index contributed by atoms with van der Waals surface area (Å²) in [5.41, 5.74) is 1.18. The first kappa shape index (κ1) is 21.5. The van der Waals surface area contributed by atoms with Gasteiger partial charge in [0.25, 0.3) is 0 Å². The maximum Gasteiger partial charge on any atom is 0.228 e. The molecule has 166 valence electrons. The zero-order valence-corrected chi connectivity index (χ0v) is 18.8. The number of hydrogen-bond acceptors (Lipinski definition) is 7. The van der Waals surface area contributed by atoms with E-state index in [0.29, 0.717) is 24.6 Å². The highest BCUT2D eigenvalue weighted by Gasteiger charge is 2.29. The molecule has 2 aromatic rings. The van der Waals surface area contributed by atoms with Crippen LogP contribution in [-0.2, 0) is 9.59 Å². The summed E-state index contributed by atoms with van der Waals surface area (Å²) in [6, 6.07) is 10.3. The number of anilines is 3. The Morgan fingerprint density at radius 2 is 2.00 bits per heavy atom. The number of rotatable bonds is 8. The van der Waals surface area contributed by atoms with E-state index in [4.69, 9.17) is 0 Å². The quantitative estimate of drug-likeness (QED) is 0.633. The highest BCUT2D eigenvalue weighted by atomic mass is 32.1. The highest BCUT2D eigenvalue weighted by molar-refractivity contribution is 7.19. The molecule has 2 aliphatic heterocycles. The number of carbonyl (C=O) groups excluding carboxylic acids is 2. The predicted molar refractivity (Wildman–Crippen MR) is 124 cm³/mol. The number of piperidine rings is 1. The molecule has 1 aromatic carbocycles. The number of aromatic nitrogens is 2. The lowest BCUT2D eigenvalue weighted by Gasteiger charge is -2.31. The molecule has 0 radical (unpaired) electrons. The zero-order chi connectivity index (χ0) is 21.6. The van der Waals surface area contributed by atoms with Crippen LogP contribution in [0.1, 0.15) is 32.1 Å². The molecule has 9 heteroatoms. The summed E-state index contributed by atoms with van der Waals surface area (Å²) in [7, 11) is 2.07. The maximum atomic E-state index is 12.7. The van der Waals surface area contributed by atoms with E-state index < -0.39 is 0 Å². The minimum absolute atomic E-state index is 0.0404. The molecule has 3 heterocycles. The Labute approximate surface area is 187 Å². The summed E-state index contributed by atoms with van der Waals surface area (Å²) in [6.07, 6.45) is 4.20. The van der Waals surface area contributed by atoms with Crippen molar-refractivity contribution in [2.24, 2.45) is 5.92 Å². The Kier molecular flexibility index (Phi) is 7.01. The number of carbonyl (C=O) groups is 2. The average molecular weight is 443 g/mol. The summed E-state index contributed by atoms with van der Waals surface area (Å²) < 4.78 is 0. The molecule has 2 fully saturated rings. The van der Waals surface area contributed by atoms with E-state index in [0.717, 1.165) is 50.4 Å². The van der Waals surface area contributed by atoms with Crippen LogP contribution in [0.4, 0.5) is 16.0 Å². The number of benzene rings is 1. The molecule has 1 atom stereocenters. The third-order valence-corrected chi connectivity index (χ3v) is 6.94. The molecule has 1 N–H and O–H groups in total. The van der Waals surface area contributed by atoms with Gasteiger partial charge in [-0.15, -0.1) is 10.2 Å². The van der Waals surface area contributed by atoms with E-state index in [1.165, 1.54) is 17.0 Å². The van der Waals surface area contributed by atoms with Crippen LogP contribution in [-0.4, -0.2) is 61.8 Å². The van der Waals surface area contributed by atoms with Crippen molar-refractivity contribution < 1.29 is 9.59 Å². The van der Waals surface area contributed by atoms with Gasteiger partial charge in [-0.3, -0.25) is 14.5 Å². The van der Waals surface area contributed by atoms with Crippen molar-refractivity contribution >= 4 is 39.1 Å². The Morgan fingerprint density at radius 1 is 1.19 bits per heavy atom. The highest BCUT2D eigenvalue weighted by Crippen LogP contribution is 2.32. The van der Waals surface area contributed by atoms with E-state index in [1.807, 2.05) is 18.2 Å². The average Bonchev–Trinajstić information content (AvgIpc) is 3.46. The SMILES string of the molecule is CN(CCCNC(=O)C1CCCN(c2nnc(N3CCCC3=O)s2)C1)c1ccccc1. The van der Waals surface area contributed by atoms with Crippen molar-refractivity contribution in [1.29, 1.82) is 0 Å². The first-order chi connectivity index (χ1) is 15.1. The number of amides is 2. The van der Waals surface area contributed by atoms with E-state index in [2.05, 4.69) is 44.5 Å². The van der Waals surface area contributed by atoms with Crippen LogP contribution in [0.5, 0.6) is 0 Å². The van der Waals surface area contributed by atoms with Gasteiger partial charge in [0.05, 0.1) is 5.92 Å². The van der Waals surface area contributed by atoms with Gasteiger partial charge in [0.1, 0.15) is 0 Å². The molecule has 31 heavy (non-hydrogen) atoms. The van der Waals surface area contributed by atoms with Crippen molar-refractivity contribution in [2.75, 3.05) is 54.5 Å². The van der Waals surface area contributed by atoms with Crippen molar-refractivity contribution in [2.45, 2.75) is 32.1 Å². The molecule has 0 saturated carbocycles. The largest absolute Gasteiger partial charge is 0.375 e. The molecule has 1 unspecified atom stereocenters. The van der Waals surface area contributed by atoms with Gasteiger partial charge in [-0.05, 0) is 37.8 Å². The third kappa shape index (κ3) is 5.33. The number of hydrogen-bond donors (Lipinski definition) is 1. The fraction of sp³-hybridized carbons (Fsp3) is 0.545. The van der Waals surface area contributed by atoms with E-state index in [9.17, 15) is 9.59 Å². The third-order valence-electron chi connectivity index (χ3n) is 5.94. The number of nitrogens with zero attached hydrogens (tertiary/aromatic N) is 5. The first-order valence-electron chi connectivity index (χ1n) is 11.0. The summed E-state index contributed by atoms with van der Waals surface area (Å²) in [5.74, 6) is 0.199. The topological polar surface area (TPSA) is 81.7 Å². The van der Waals surface area contributed by atoms with Gasteiger partial charge >= 0.3 is 0 Å². The zero-order valence-electron chi connectivity index (χ0n) is 18.0. The molecule has 2 aliphatic rings. The van der Waals surface area contributed by atoms with Gasteiger partial charge in [-0.1, -0.05) is 29.5 Å². The normalized spacial score (nSPS) is 19.0. The van der Waals surface area contributed by atoms with Crippen molar-refractivity contribution in [3.8, 4) is 0 Å². The van der Waals surface area contributed by atoms with Crippen LogP contribution in [0.2, 0.25) is 0 Å². The summed E-state index contributed by atoms with van der Waals surface area (Å²) in [5, 5.41) is 13.1. The molecule has 0 bridgehead atoms. The Bertz CT molecular complexity index is 889. The Hall–Kier alpha value is -2.68. The summed E-state index contributed by atoms with van der Waals surface area (Å²) in [6.45, 7) is 3.81. The molecule has 2 amide bonds. The van der Waals surface area contributed by atoms with E-state index >= 15 is 0 Å². The number of nitrogens with one attached hydrogen (secondary N) is 1. The fourth-order valence-electron chi connectivity index (χ4n) is 4.14. The smallest absolute Gasteiger partial charge is 0.228 e. The fourth-order valence-corrected chi connectivity index (χ4v) is 5.07. The lowest BCUT2D eigenvalue weighted by molar-refractivity contribution is -0.125. The lowest BCUT2D eigenvalue weighted by atomic mass is 9.97. The van der Waals surface area contributed by atoms with Gasteiger partial charge in [-0.25, -0.2) is 0 Å². The van der Waals surface area contributed by atoms with Gasteiger partial charge < -0.3 is 15.1 Å². The molecular weight excluding hydrogens is 412 g/mol. The van der Waals surface area contributed by atoms with E-state index in [1.54, 1.807) is 4.90 Å². The Balaban J connectivity index is 1.23. The summed E-state index contributed by atoms with van der Waals surface area (Å²) >= 11 is 1.45. The van der Waals surface area contributed by atoms with Crippen LogP contribution in [0.15, 0.2) is 30.3 Å². The Morgan fingerprint density at radius 3 is 2.77 bits per heavy atom. The maximum absolute atomic E-state index is 12.7. The molecule has 2 saturated heterocycles. The van der Waals surface area contributed by atoms with Crippen LogP contribution >= 0.6 is 11.3 Å². The molecular formula is C22H30N6O2S. The molecule has 4 rings (SSSR count). The van der Waals surface area contributed by atoms with Crippen LogP contribution < -0.4 is 20.0 Å². The standard InChI is InChI=1S/C22H30N6O2S/c1-26(18-9-3-2-4-10-18)13-7-12-23-20(30)17-8-5-14-27(16-17)21-24-25-22(31-21)28-15-6-11-19(28)29/h2-4,9-10,17H,5-8,11-16H2,1H3,(H,23,30). The van der Waals surface area contributed by atoms with Crippen molar-refractivity contribution in [1.82, 2.24) is 15.5 Å². The second-order valence-electron chi connectivity index (χ2n) is 8.20. The predicted octanol–water partition coefficient (Wildman–Crippen LogP) is 2.52. The van der Waals surface area contributed by atoms with Crippen molar-refractivity contribution in [3.05, 3.63) is 30.3 Å². The van der Waals surface area contributed by atoms with Crippen molar-refractivity contribution in [3.63, 3.8) is 0 Å². The van der Waals surface area contributed by atoms with Crippen LogP contribution in [0.25, 0.3) is 0 Å². The van der Waals surface area contributed by atoms with Crippen LogP contribution in [0.3, 0.4) is 0 Å². The minimum Gasteiger partial charge on any atom is -0.375 e. The van der Waals surface area contributed by atoms with Gasteiger partial charge in [0.15, 0.2) is 0 Å². The van der Waals surface area contributed by atoms with E-state index in [-0.39, 0.29) is 17.7 Å². The molecule has 1 aromatic heterocycles. The van der Waals surface area contributed by atoms with Gasteiger partial charge in [0, 0.05) is 51.9 Å². The number of para-hydroxylation sites is 1. The minimum atomic E-state index is -0.0404. The van der Waals surface area contributed by atoms with Crippen LogP contribution in [0, 0.1) is 5.92 Å². The van der Waals surface area contributed by atoms with Gasteiger partial charge in [0.2, 0.25) is 22.1 Å². The molecule has 0 spiro atoms.